The van der Waals surface area contributed by atoms with Crippen LogP contribution in [0.2, 0.25) is 15.1 Å². The van der Waals surface area contributed by atoms with Gasteiger partial charge in [-0.2, -0.15) is 13.2 Å². The smallest absolute Gasteiger partial charge is 0.423 e. The van der Waals surface area contributed by atoms with E-state index in [0.717, 1.165) is 12.1 Å². The number of benzene rings is 2. The van der Waals surface area contributed by atoms with E-state index in [9.17, 15) is 23.0 Å². The van der Waals surface area contributed by atoms with Crippen LogP contribution in [0.5, 0.6) is 0 Å². The van der Waals surface area contributed by atoms with Crippen LogP contribution in [0.1, 0.15) is 35.3 Å². The van der Waals surface area contributed by atoms with Crippen LogP contribution < -0.4 is 5.46 Å². The molecule has 152 valence electrons. The lowest BCUT2D eigenvalue weighted by molar-refractivity contribution is -0.0689. The molecular weight excluding hydrogens is 450 g/mol. The summed E-state index contributed by atoms with van der Waals surface area (Å²) in [6.07, 6.45) is -4.36. The monoisotopic (exact) mass is 462 g/mol. The van der Waals surface area contributed by atoms with Crippen LogP contribution in [0, 0.1) is 0 Å². The zero-order valence-electron chi connectivity index (χ0n) is 15.1. The number of carbonyl (C=O) groups is 1. The Hall–Kier alpha value is -1.51. The summed E-state index contributed by atoms with van der Waals surface area (Å²) in [6, 6.07) is 6.21. The lowest BCUT2D eigenvalue weighted by Crippen LogP contribution is -2.28. The summed E-state index contributed by atoms with van der Waals surface area (Å²) in [4.78, 5) is 12.6. The van der Waals surface area contributed by atoms with Crippen molar-refractivity contribution in [3.63, 3.8) is 0 Å². The molecule has 2 aromatic carbocycles. The van der Waals surface area contributed by atoms with Crippen LogP contribution in [0.25, 0.3) is 5.57 Å². The molecule has 0 bridgehead atoms. The van der Waals surface area contributed by atoms with Crippen molar-refractivity contribution in [1.29, 1.82) is 0 Å². The van der Waals surface area contributed by atoms with Gasteiger partial charge < -0.3 is 9.68 Å². The first-order valence-corrected chi connectivity index (χ1v) is 9.43. The second kappa shape index (κ2) is 7.63. The molecule has 0 fully saturated rings. The fourth-order valence-electron chi connectivity index (χ4n) is 3.11. The Morgan fingerprint density at radius 2 is 1.69 bits per heavy atom. The van der Waals surface area contributed by atoms with Crippen LogP contribution in [-0.2, 0) is 10.3 Å². The van der Waals surface area contributed by atoms with Crippen LogP contribution in [-0.4, -0.2) is 24.1 Å². The van der Waals surface area contributed by atoms with Crippen molar-refractivity contribution in [1.82, 2.24) is 0 Å². The number of alkyl halides is 3. The van der Waals surface area contributed by atoms with Crippen molar-refractivity contribution in [2.24, 2.45) is 0 Å². The van der Waals surface area contributed by atoms with E-state index in [-0.39, 0.29) is 26.2 Å². The molecule has 0 amide bonds. The summed E-state index contributed by atoms with van der Waals surface area (Å²) in [5, 5.41) is 9.51. The van der Waals surface area contributed by atoms with Crippen LogP contribution in [0.4, 0.5) is 13.2 Å². The van der Waals surface area contributed by atoms with Gasteiger partial charge in [-0.05, 0) is 54.7 Å². The molecule has 1 aliphatic rings. The van der Waals surface area contributed by atoms with E-state index in [0.29, 0.717) is 17.1 Å². The van der Waals surface area contributed by atoms with Crippen molar-refractivity contribution < 1.29 is 27.6 Å². The van der Waals surface area contributed by atoms with Gasteiger partial charge in [0.05, 0.1) is 26.2 Å². The number of fused-ring (bicyclic) bond motifs is 1. The van der Waals surface area contributed by atoms with Gasteiger partial charge in [-0.15, -0.1) is 0 Å². The summed E-state index contributed by atoms with van der Waals surface area (Å²) < 4.78 is 46.3. The molecule has 0 aromatic heterocycles. The minimum absolute atomic E-state index is 0.0161. The molecule has 29 heavy (non-hydrogen) atoms. The number of ketones is 1. The zero-order chi connectivity index (χ0) is 21.7. The van der Waals surface area contributed by atoms with Gasteiger partial charge in [0.1, 0.15) is 0 Å². The van der Waals surface area contributed by atoms with E-state index in [2.05, 4.69) is 0 Å². The number of rotatable bonds is 3. The molecule has 2 aromatic rings. The predicted octanol–water partition coefficient (Wildman–Crippen LogP) is 5.43. The highest BCUT2D eigenvalue weighted by Crippen LogP contribution is 2.39. The molecule has 0 saturated heterocycles. The predicted molar refractivity (Wildman–Crippen MR) is 108 cm³/mol. The largest absolute Gasteiger partial charge is 0.492 e. The molecule has 0 spiro atoms. The number of carbonyl (C=O) groups excluding carboxylic acids is 1. The first-order valence-electron chi connectivity index (χ1n) is 8.29. The zero-order valence-corrected chi connectivity index (χ0v) is 17.3. The maximum absolute atomic E-state index is 13.6. The van der Waals surface area contributed by atoms with Gasteiger partial charge in [-0.1, -0.05) is 46.9 Å². The first-order chi connectivity index (χ1) is 13.3. The van der Waals surface area contributed by atoms with Crippen molar-refractivity contribution in [3.8, 4) is 0 Å². The van der Waals surface area contributed by atoms with Crippen LogP contribution in [0.15, 0.2) is 36.4 Å². The molecule has 1 aliphatic heterocycles. The normalized spacial score (nSPS) is 16.2. The first kappa shape index (κ1) is 22.2. The number of allylic oxidation sites excluding steroid dienone is 2. The van der Waals surface area contributed by atoms with Gasteiger partial charge in [-0.25, -0.2) is 0 Å². The second-order valence-electron chi connectivity index (χ2n) is 6.96. The Morgan fingerprint density at radius 3 is 2.24 bits per heavy atom. The Labute approximate surface area is 180 Å². The lowest BCUT2D eigenvalue weighted by Gasteiger charge is -2.20. The second-order valence-corrected chi connectivity index (χ2v) is 8.15. The van der Waals surface area contributed by atoms with E-state index in [1.807, 2.05) is 0 Å². The average Bonchev–Trinajstić information content (AvgIpc) is 2.84. The number of hydrogen-bond acceptors (Lipinski definition) is 3. The van der Waals surface area contributed by atoms with Crippen molar-refractivity contribution in [2.45, 2.75) is 25.6 Å². The molecule has 0 aliphatic carbocycles. The molecule has 0 atom stereocenters. The third kappa shape index (κ3) is 4.34. The lowest BCUT2D eigenvalue weighted by atomic mass is 9.77. The van der Waals surface area contributed by atoms with Crippen molar-refractivity contribution in [2.75, 3.05) is 0 Å². The van der Waals surface area contributed by atoms with Gasteiger partial charge in [-0.3, -0.25) is 4.79 Å². The third-order valence-corrected chi connectivity index (χ3v) is 5.73. The van der Waals surface area contributed by atoms with Gasteiger partial charge in [0.25, 0.3) is 0 Å². The van der Waals surface area contributed by atoms with Crippen LogP contribution in [0.3, 0.4) is 0 Å². The van der Waals surface area contributed by atoms with E-state index in [1.54, 1.807) is 13.8 Å². The molecule has 1 N–H and O–H groups in total. The molecule has 10 heteroatoms. The van der Waals surface area contributed by atoms with Gasteiger partial charge in [0, 0.05) is 5.56 Å². The number of halogens is 6. The molecule has 0 saturated carbocycles. The Balaban J connectivity index is 2.08. The fourth-order valence-corrected chi connectivity index (χ4v) is 3.70. The quantitative estimate of drug-likeness (QED) is 0.286. The van der Waals surface area contributed by atoms with Crippen molar-refractivity contribution >= 4 is 58.7 Å². The molecule has 0 unspecified atom stereocenters. The summed E-state index contributed by atoms with van der Waals surface area (Å²) in [6.45, 7) is 3.37. The highest BCUT2D eigenvalue weighted by Gasteiger charge is 2.41. The molecule has 0 radical (unpaired) electrons. The Morgan fingerprint density at radius 1 is 1.10 bits per heavy atom. The summed E-state index contributed by atoms with van der Waals surface area (Å²) in [7, 11) is -1.16. The minimum atomic E-state index is -4.84. The topological polar surface area (TPSA) is 46.5 Å². The van der Waals surface area contributed by atoms with Crippen molar-refractivity contribution in [3.05, 3.63) is 68.2 Å². The molecule has 3 nitrogen and oxygen atoms in total. The molecule has 1 heterocycles. The highest BCUT2D eigenvalue weighted by molar-refractivity contribution is 6.62. The standard InChI is InChI=1S/C19H13BCl3F3O3/c1-18(2)12-5-9(3-4-13(12)20(28)29-18)16(27)8-11(19(24,25)26)10-6-14(21)17(23)15(22)7-10/h3-8,28H,1-2H3/b11-8-. The summed E-state index contributed by atoms with van der Waals surface area (Å²) in [5.74, 6) is -0.875. The Bertz CT molecular complexity index is 1010. The number of hydrogen-bond donors (Lipinski definition) is 1. The van der Waals surface area contributed by atoms with E-state index >= 15 is 0 Å². The molecular formula is C19H13BCl3F3O3. The van der Waals surface area contributed by atoms with Gasteiger partial charge >= 0.3 is 13.3 Å². The SMILES string of the molecule is CC1(C)OB(O)c2ccc(C(=O)/C=C(/c3cc(Cl)c(Cl)c(Cl)c3)C(F)(F)F)cc21. The fraction of sp³-hybridized carbons (Fsp3) is 0.211. The van der Waals surface area contributed by atoms with E-state index in [1.165, 1.54) is 18.2 Å². The van der Waals surface area contributed by atoms with Crippen LogP contribution >= 0.6 is 34.8 Å². The maximum atomic E-state index is 13.6. The summed E-state index contributed by atoms with van der Waals surface area (Å²) in [5.41, 5.74) is -1.48. The average molecular weight is 463 g/mol. The third-order valence-electron chi connectivity index (χ3n) is 4.53. The maximum Gasteiger partial charge on any atom is 0.492 e. The Kier molecular flexibility index (Phi) is 5.84. The van der Waals surface area contributed by atoms with Gasteiger partial charge in [0.15, 0.2) is 5.78 Å². The minimum Gasteiger partial charge on any atom is -0.423 e. The van der Waals surface area contributed by atoms with Gasteiger partial charge in [0.2, 0.25) is 0 Å². The highest BCUT2D eigenvalue weighted by atomic mass is 35.5. The van der Waals surface area contributed by atoms with E-state index < -0.39 is 30.3 Å². The summed E-state index contributed by atoms with van der Waals surface area (Å²) >= 11 is 17.5. The molecule has 3 rings (SSSR count). The van der Waals surface area contributed by atoms with E-state index in [4.69, 9.17) is 39.5 Å².